The highest BCUT2D eigenvalue weighted by Gasteiger charge is 2.11. The van der Waals surface area contributed by atoms with Crippen LogP contribution in [0.15, 0.2) is 35.1 Å². The molecule has 0 unspecified atom stereocenters. The second kappa shape index (κ2) is 5.99. The number of nitrogens with one attached hydrogen (secondary N) is 1. The average Bonchev–Trinajstić information content (AvgIpc) is 2.42. The lowest BCUT2D eigenvalue weighted by atomic mass is 10.3. The largest absolute Gasteiger partial charge is 0.497 e. The highest BCUT2D eigenvalue weighted by molar-refractivity contribution is 9.10. The zero-order valence-corrected chi connectivity index (χ0v) is 12.2. The van der Waals surface area contributed by atoms with Crippen LogP contribution in [0.4, 0.5) is 5.69 Å². The molecule has 98 valence electrons. The molecule has 1 aromatic carbocycles. The molecular formula is C12H9BrClN3O2. The number of carbonyl (C=O) groups is 1. The van der Waals surface area contributed by atoms with Gasteiger partial charge in [0.05, 0.1) is 25.2 Å². The van der Waals surface area contributed by atoms with Gasteiger partial charge in [-0.1, -0.05) is 11.6 Å². The van der Waals surface area contributed by atoms with E-state index in [4.69, 9.17) is 16.3 Å². The number of hydrogen-bond donors (Lipinski definition) is 1. The summed E-state index contributed by atoms with van der Waals surface area (Å²) in [4.78, 5) is 19.7. The molecule has 0 fully saturated rings. The highest BCUT2D eigenvalue weighted by Crippen LogP contribution is 2.27. The first-order chi connectivity index (χ1) is 9.10. The van der Waals surface area contributed by atoms with Gasteiger partial charge in [0.15, 0.2) is 0 Å². The van der Waals surface area contributed by atoms with Gasteiger partial charge in [-0.25, -0.2) is 9.97 Å². The molecule has 5 nitrogen and oxygen atoms in total. The molecular weight excluding hydrogens is 334 g/mol. The summed E-state index contributed by atoms with van der Waals surface area (Å²) in [6.07, 6.45) is 2.63. The first kappa shape index (κ1) is 13.8. The third kappa shape index (κ3) is 3.42. The van der Waals surface area contributed by atoms with E-state index in [9.17, 15) is 4.79 Å². The van der Waals surface area contributed by atoms with Crippen molar-refractivity contribution in [2.75, 3.05) is 12.4 Å². The van der Waals surface area contributed by atoms with Crippen LogP contribution in [0.25, 0.3) is 0 Å². The molecule has 1 amide bonds. The van der Waals surface area contributed by atoms with Gasteiger partial charge in [0.25, 0.3) is 5.91 Å². The maximum Gasteiger partial charge on any atom is 0.275 e. The lowest BCUT2D eigenvalue weighted by Gasteiger charge is -2.08. The second-order valence-electron chi connectivity index (χ2n) is 3.52. The number of carbonyl (C=O) groups excluding carboxylic acids is 1. The minimum Gasteiger partial charge on any atom is -0.497 e. The summed E-state index contributed by atoms with van der Waals surface area (Å²) in [5.41, 5.74) is 0.764. The zero-order chi connectivity index (χ0) is 13.8. The van der Waals surface area contributed by atoms with E-state index >= 15 is 0 Å². The zero-order valence-electron chi connectivity index (χ0n) is 9.85. The number of ether oxygens (including phenoxy) is 1. The van der Waals surface area contributed by atoms with Gasteiger partial charge in [-0.15, -0.1) is 0 Å². The first-order valence-corrected chi connectivity index (χ1v) is 6.39. The summed E-state index contributed by atoms with van der Waals surface area (Å²) in [5.74, 6) is 0.263. The predicted octanol–water partition coefficient (Wildman–Crippen LogP) is 3.15. The van der Waals surface area contributed by atoms with Crippen molar-refractivity contribution < 1.29 is 9.53 Å². The van der Waals surface area contributed by atoms with Gasteiger partial charge < -0.3 is 10.1 Å². The monoisotopic (exact) mass is 341 g/mol. The standard InChI is InChI=1S/C12H9BrClN3O2/c1-19-7-2-3-8(13)9(4-7)17-12(18)10-5-16-11(14)6-15-10/h2-6H,1H3,(H,17,18). The fourth-order valence-electron chi connectivity index (χ4n) is 1.34. The first-order valence-electron chi connectivity index (χ1n) is 5.22. The molecule has 7 heteroatoms. The summed E-state index contributed by atoms with van der Waals surface area (Å²) in [5, 5.41) is 2.94. The minimum absolute atomic E-state index is 0.180. The van der Waals surface area contributed by atoms with Crippen molar-refractivity contribution in [3.8, 4) is 5.75 Å². The molecule has 0 aliphatic rings. The van der Waals surface area contributed by atoms with Crippen LogP contribution in [0.3, 0.4) is 0 Å². The predicted molar refractivity (Wildman–Crippen MR) is 75.7 cm³/mol. The normalized spacial score (nSPS) is 10.1. The summed E-state index contributed by atoms with van der Waals surface area (Å²) in [6.45, 7) is 0. The Kier molecular flexibility index (Phi) is 4.34. The Bertz CT molecular complexity index is 604. The van der Waals surface area contributed by atoms with Crippen LogP contribution in [0, 0.1) is 0 Å². The third-order valence-electron chi connectivity index (χ3n) is 2.27. The van der Waals surface area contributed by atoms with E-state index in [-0.39, 0.29) is 16.8 Å². The molecule has 2 aromatic rings. The van der Waals surface area contributed by atoms with Crippen LogP contribution in [0.2, 0.25) is 5.15 Å². The molecule has 19 heavy (non-hydrogen) atoms. The number of anilines is 1. The molecule has 0 saturated carbocycles. The van der Waals surface area contributed by atoms with E-state index in [0.717, 1.165) is 4.47 Å². The highest BCUT2D eigenvalue weighted by atomic mass is 79.9. The maximum absolute atomic E-state index is 12.0. The Hall–Kier alpha value is -1.66. The van der Waals surface area contributed by atoms with Crippen molar-refractivity contribution in [1.82, 2.24) is 9.97 Å². The number of rotatable bonds is 3. The molecule has 0 spiro atoms. The van der Waals surface area contributed by atoms with Crippen LogP contribution in [-0.2, 0) is 0 Å². The number of halogens is 2. The van der Waals surface area contributed by atoms with Crippen LogP contribution in [-0.4, -0.2) is 23.0 Å². The number of aromatic nitrogens is 2. The topological polar surface area (TPSA) is 64.1 Å². The van der Waals surface area contributed by atoms with E-state index in [1.165, 1.54) is 12.4 Å². The molecule has 0 saturated heterocycles. The lowest BCUT2D eigenvalue weighted by Crippen LogP contribution is -2.14. The molecule has 1 aromatic heterocycles. The molecule has 2 rings (SSSR count). The van der Waals surface area contributed by atoms with Gasteiger partial charge in [0.1, 0.15) is 16.6 Å². The van der Waals surface area contributed by atoms with Gasteiger partial charge in [0.2, 0.25) is 0 Å². The molecule has 0 aliphatic carbocycles. The maximum atomic E-state index is 12.0. The van der Waals surface area contributed by atoms with E-state index in [2.05, 4.69) is 31.2 Å². The fourth-order valence-corrected chi connectivity index (χ4v) is 1.79. The van der Waals surface area contributed by atoms with E-state index in [1.807, 2.05) is 0 Å². The molecule has 0 aliphatic heterocycles. The number of methoxy groups -OCH3 is 1. The number of amides is 1. The van der Waals surface area contributed by atoms with Crippen molar-refractivity contribution in [2.45, 2.75) is 0 Å². The van der Waals surface area contributed by atoms with E-state index in [0.29, 0.717) is 11.4 Å². The number of benzene rings is 1. The molecule has 1 N–H and O–H groups in total. The van der Waals surface area contributed by atoms with Crippen LogP contribution in [0.5, 0.6) is 5.75 Å². The summed E-state index contributed by atoms with van der Waals surface area (Å²) >= 11 is 8.96. The Balaban J connectivity index is 2.21. The van der Waals surface area contributed by atoms with Crippen LogP contribution < -0.4 is 10.1 Å². The van der Waals surface area contributed by atoms with Crippen molar-refractivity contribution >= 4 is 39.1 Å². The van der Waals surface area contributed by atoms with Gasteiger partial charge in [-0.2, -0.15) is 0 Å². The van der Waals surface area contributed by atoms with Crippen molar-refractivity contribution in [3.05, 3.63) is 45.9 Å². The SMILES string of the molecule is COc1ccc(Br)c(NC(=O)c2cnc(Cl)cn2)c1. The van der Waals surface area contributed by atoms with Crippen molar-refractivity contribution in [2.24, 2.45) is 0 Å². The second-order valence-corrected chi connectivity index (χ2v) is 4.77. The quantitative estimate of drug-likeness (QED) is 0.930. The average molecular weight is 343 g/mol. The lowest BCUT2D eigenvalue weighted by molar-refractivity contribution is 0.102. The third-order valence-corrected chi connectivity index (χ3v) is 3.16. The van der Waals surface area contributed by atoms with Gasteiger partial charge in [-0.3, -0.25) is 4.79 Å². The van der Waals surface area contributed by atoms with Gasteiger partial charge in [0, 0.05) is 10.5 Å². The Morgan fingerprint density at radius 1 is 1.37 bits per heavy atom. The smallest absolute Gasteiger partial charge is 0.275 e. The molecule has 0 radical (unpaired) electrons. The van der Waals surface area contributed by atoms with Crippen molar-refractivity contribution in [3.63, 3.8) is 0 Å². The van der Waals surface area contributed by atoms with Crippen LogP contribution in [0.1, 0.15) is 10.5 Å². The molecule has 1 heterocycles. The Labute approximate surface area is 123 Å². The van der Waals surface area contributed by atoms with Crippen LogP contribution >= 0.6 is 27.5 Å². The van der Waals surface area contributed by atoms with Gasteiger partial charge in [-0.05, 0) is 28.1 Å². The Morgan fingerprint density at radius 2 is 2.16 bits per heavy atom. The minimum atomic E-state index is -0.377. The molecule has 0 atom stereocenters. The number of hydrogen-bond acceptors (Lipinski definition) is 4. The van der Waals surface area contributed by atoms with Crippen molar-refractivity contribution in [1.29, 1.82) is 0 Å². The number of nitrogens with zero attached hydrogens (tertiary/aromatic N) is 2. The Morgan fingerprint density at radius 3 is 2.79 bits per heavy atom. The van der Waals surface area contributed by atoms with E-state index < -0.39 is 0 Å². The summed E-state index contributed by atoms with van der Waals surface area (Å²) in [7, 11) is 1.56. The summed E-state index contributed by atoms with van der Waals surface area (Å²) < 4.78 is 5.83. The van der Waals surface area contributed by atoms with E-state index in [1.54, 1.807) is 25.3 Å². The molecule has 0 bridgehead atoms. The fraction of sp³-hybridized carbons (Fsp3) is 0.0833. The van der Waals surface area contributed by atoms with Gasteiger partial charge >= 0.3 is 0 Å². The summed E-state index contributed by atoms with van der Waals surface area (Å²) in [6, 6.07) is 5.26.